The summed E-state index contributed by atoms with van der Waals surface area (Å²) in [4.78, 5) is 29.7. The minimum Gasteiger partial charge on any atom is -0.352 e. The molecule has 0 saturated heterocycles. The van der Waals surface area contributed by atoms with Crippen LogP contribution in [-0.2, 0) is 26.2 Å². The monoisotopic (exact) mass is 589 g/mol. The van der Waals surface area contributed by atoms with Crippen molar-refractivity contribution in [2.45, 2.75) is 89.7 Å². The van der Waals surface area contributed by atoms with Crippen molar-refractivity contribution in [3.63, 3.8) is 0 Å². The number of sulfonamides is 1. The minimum absolute atomic E-state index is 0.0978. The van der Waals surface area contributed by atoms with Gasteiger partial charge in [0.1, 0.15) is 12.6 Å². The molecule has 8 heteroatoms. The Morgan fingerprint density at radius 3 is 2.21 bits per heavy atom. The number of anilines is 1. The van der Waals surface area contributed by atoms with E-state index in [1.54, 1.807) is 29.2 Å². The van der Waals surface area contributed by atoms with Gasteiger partial charge in [-0.1, -0.05) is 80.8 Å². The van der Waals surface area contributed by atoms with Gasteiger partial charge in [0.15, 0.2) is 0 Å². The van der Waals surface area contributed by atoms with Gasteiger partial charge >= 0.3 is 0 Å². The zero-order valence-corrected chi connectivity index (χ0v) is 26.0. The number of nitrogens with zero attached hydrogens (tertiary/aromatic N) is 2. The lowest BCUT2D eigenvalue weighted by atomic mass is 9.95. The van der Waals surface area contributed by atoms with E-state index in [9.17, 15) is 18.0 Å². The van der Waals surface area contributed by atoms with Crippen LogP contribution in [0.15, 0.2) is 77.7 Å². The molecule has 1 unspecified atom stereocenters. The maximum absolute atomic E-state index is 14.4. The summed E-state index contributed by atoms with van der Waals surface area (Å²) in [5, 5.41) is 3.20. The third-order valence-electron chi connectivity index (χ3n) is 8.18. The van der Waals surface area contributed by atoms with Gasteiger partial charge in [-0.15, -0.1) is 0 Å². The summed E-state index contributed by atoms with van der Waals surface area (Å²) in [6.07, 6.45) is 5.61. The number of hydrogen-bond donors (Lipinski definition) is 1. The van der Waals surface area contributed by atoms with Gasteiger partial charge in [-0.05, 0) is 80.5 Å². The Balaban J connectivity index is 1.74. The zero-order chi connectivity index (χ0) is 30.3. The minimum atomic E-state index is -4.09. The lowest BCUT2D eigenvalue weighted by Gasteiger charge is -2.35. The highest BCUT2D eigenvalue weighted by Crippen LogP contribution is 2.29. The SMILES string of the molecule is CCC(C(=O)NC1CCCCC1)N(Cc1ccccc1C)C(=O)CN(c1cc(C)ccc1C)S(=O)(=O)c1ccccc1. The predicted molar refractivity (Wildman–Crippen MR) is 168 cm³/mol. The van der Waals surface area contributed by atoms with E-state index >= 15 is 0 Å². The fourth-order valence-electron chi connectivity index (χ4n) is 5.66. The molecule has 2 amide bonds. The van der Waals surface area contributed by atoms with Crippen molar-refractivity contribution < 1.29 is 18.0 Å². The Hall–Kier alpha value is -3.65. The molecule has 224 valence electrons. The molecule has 0 bridgehead atoms. The molecule has 0 aliphatic heterocycles. The van der Waals surface area contributed by atoms with Crippen LogP contribution in [0.3, 0.4) is 0 Å². The van der Waals surface area contributed by atoms with Crippen LogP contribution >= 0.6 is 0 Å². The molecule has 3 aromatic carbocycles. The van der Waals surface area contributed by atoms with E-state index in [0.717, 1.165) is 47.9 Å². The van der Waals surface area contributed by atoms with E-state index in [0.29, 0.717) is 12.1 Å². The Kier molecular flexibility index (Phi) is 10.4. The largest absolute Gasteiger partial charge is 0.352 e. The number of nitrogens with one attached hydrogen (secondary N) is 1. The molecule has 1 atom stereocenters. The highest BCUT2D eigenvalue weighted by molar-refractivity contribution is 7.92. The molecular formula is C34H43N3O4S. The van der Waals surface area contributed by atoms with Crippen molar-refractivity contribution in [1.29, 1.82) is 0 Å². The maximum Gasteiger partial charge on any atom is 0.264 e. The highest BCUT2D eigenvalue weighted by Gasteiger charge is 2.35. The number of benzene rings is 3. The molecule has 1 aliphatic carbocycles. The second kappa shape index (κ2) is 14.0. The van der Waals surface area contributed by atoms with E-state index in [1.807, 2.05) is 64.1 Å². The standard InChI is InChI=1S/C34H43N3O4S/c1-5-31(34(39)35-29-16-8-6-9-17-29)36(23-28-15-13-12-14-26(28)3)33(38)24-37(32-22-25(2)20-21-27(32)4)42(40,41)30-18-10-7-11-19-30/h7,10-15,18-22,29,31H,5-6,8-9,16-17,23-24H2,1-4H3,(H,35,39). The van der Waals surface area contributed by atoms with Crippen molar-refractivity contribution in [3.8, 4) is 0 Å². The molecule has 1 saturated carbocycles. The summed E-state index contributed by atoms with van der Waals surface area (Å²) in [6, 6.07) is 20.9. The van der Waals surface area contributed by atoms with Crippen molar-refractivity contribution in [3.05, 3.63) is 95.1 Å². The second-order valence-corrected chi connectivity index (χ2v) is 13.2. The van der Waals surface area contributed by atoms with E-state index in [1.165, 1.54) is 22.9 Å². The number of carbonyl (C=O) groups is 2. The van der Waals surface area contributed by atoms with Gasteiger partial charge in [0, 0.05) is 12.6 Å². The lowest BCUT2D eigenvalue weighted by Crippen LogP contribution is -2.54. The molecule has 1 aliphatic rings. The van der Waals surface area contributed by atoms with E-state index in [-0.39, 0.29) is 23.4 Å². The summed E-state index contributed by atoms with van der Waals surface area (Å²) < 4.78 is 29.4. The fourth-order valence-corrected chi connectivity index (χ4v) is 7.15. The fraction of sp³-hybridized carbons (Fsp3) is 0.412. The number of amides is 2. The molecule has 4 rings (SSSR count). The number of hydrogen-bond acceptors (Lipinski definition) is 4. The summed E-state index contributed by atoms with van der Waals surface area (Å²) in [7, 11) is -4.09. The van der Waals surface area contributed by atoms with Crippen molar-refractivity contribution >= 4 is 27.5 Å². The Labute approximate surface area is 251 Å². The van der Waals surface area contributed by atoms with Crippen molar-refractivity contribution in [2.24, 2.45) is 0 Å². The Morgan fingerprint density at radius 2 is 1.55 bits per heavy atom. The van der Waals surface area contributed by atoms with Crippen LogP contribution in [0.4, 0.5) is 5.69 Å². The van der Waals surface area contributed by atoms with Crippen LogP contribution in [0.5, 0.6) is 0 Å². The number of carbonyl (C=O) groups excluding carboxylic acids is 2. The quantitative estimate of drug-likeness (QED) is 0.294. The molecule has 0 heterocycles. The molecule has 7 nitrogen and oxygen atoms in total. The second-order valence-electron chi connectivity index (χ2n) is 11.3. The van der Waals surface area contributed by atoms with Crippen LogP contribution < -0.4 is 9.62 Å². The molecule has 3 aromatic rings. The van der Waals surface area contributed by atoms with Crippen molar-refractivity contribution in [1.82, 2.24) is 10.2 Å². The number of rotatable bonds is 11. The third kappa shape index (κ3) is 7.40. The van der Waals surface area contributed by atoms with Crippen LogP contribution in [0, 0.1) is 20.8 Å². The van der Waals surface area contributed by atoms with Crippen LogP contribution in [0.25, 0.3) is 0 Å². The molecule has 0 radical (unpaired) electrons. The molecular weight excluding hydrogens is 546 g/mol. The summed E-state index contributed by atoms with van der Waals surface area (Å²) >= 11 is 0. The Morgan fingerprint density at radius 1 is 0.881 bits per heavy atom. The van der Waals surface area contributed by atoms with E-state index < -0.39 is 28.5 Å². The van der Waals surface area contributed by atoms with Gasteiger partial charge in [0.2, 0.25) is 11.8 Å². The van der Waals surface area contributed by atoms with E-state index in [4.69, 9.17) is 0 Å². The zero-order valence-electron chi connectivity index (χ0n) is 25.2. The van der Waals surface area contributed by atoms with Gasteiger partial charge in [-0.25, -0.2) is 8.42 Å². The summed E-state index contributed by atoms with van der Waals surface area (Å²) in [5.74, 6) is -0.611. The molecule has 0 spiro atoms. The first-order valence-electron chi connectivity index (χ1n) is 14.9. The maximum atomic E-state index is 14.4. The van der Waals surface area contributed by atoms with Crippen LogP contribution in [-0.4, -0.2) is 43.8 Å². The molecule has 1 fully saturated rings. The summed E-state index contributed by atoms with van der Waals surface area (Å²) in [5.41, 5.74) is 3.98. The lowest BCUT2D eigenvalue weighted by molar-refractivity contribution is -0.140. The van der Waals surface area contributed by atoms with Crippen LogP contribution in [0.1, 0.15) is 67.7 Å². The normalized spacial score (nSPS) is 14.7. The molecule has 0 aromatic heterocycles. The van der Waals surface area contributed by atoms with Gasteiger partial charge in [0.25, 0.3) is 10.0 Å². The summed E-state index contributed by atoms with van der Waals surface area (Å²) in [6.45, 7) is 7.38. The smallest absolute Gasteiger partial charge is 0.264 e. The average molecular weight is 590 g/mol. The van der Waals surface area contributed by atoms with Crippen LogP contribution in [0.2, 0.25) is 0 Å². The molecule has 42 heavy (non-hydrogen) atoms. The first kappa shape index (κ1) is 31.3. The van der Waals surface area contributed by atoms with Gasteiger partial charge in [-0.3, -0.25) is 13.9 Å². The average Bonchev–Trinajstić information content (AvgIpc) is 2.99. The topological polar surface area (TPSA) is 86.8 Å². The van der Waals surface area contributed by atoms with Gasteiger partial charge in [0.05, 0.1) is 10.6 Å². The Bertz CT molecular complexity index is 1480. The first-order chi connectivity index (χ1) is 20.1. The number of aryl methyl sites for hydroxylation is 3. The third-order valence-corrected chi connectivity index (χ3v) is 9.96. The van der Waals surface area contributed by atoms with Crippen molar-refractivity contribution in [2.75, 3.05) is 10.8 Å². The predicted octanol–water partition coefficient (Wildman–Crippen LogP) is 6.06. The van der Waals surface area contributed by atoms with Gasteiger partial charge in [-0.2, -0.15) is 0 Å². The van der Waals surface area contributed by atoms with E-state index in [2.05, 4.69) is 5.32 Å². The molecule has 1 N–H and O–H groups in total. The first-order valence-corrected chi connectivity index (χ1v) is 16.3. The highest BCUT2D eigenvalue weighted by atomic mass is 32.2. The van der Waals surface area contributed by atoms with Gasteiger partial charge < -0.3 is 10.2 Å².